The topological polar surface area (TPSA) is 66.6 Å². The number of rotatable bonds is 5. The van der Waals surface area contributed by atoms with Crippen molar-refractivity contribution in [1.82, 2.24) is 10.1 Å². The Bertz CT molecular complexity index is 819. The fourth-order valence-corrected chi connectivity index (χ4v) is 3.81. The van der Waals surface area contributed by atoms with E-state index < -0.39 is 23.2 Å². The van der Waals surface area contributed by atoms with Crippen LogP contribution < -0.4 is 0 Å². The molecule has 2 heterocycles. The third kappa shape index (κ3) is 3.58. The minimum atomic E-state index is -4.55. The quantitative estimate of drug-likeness (QED) is 0.845. The fraction of sp³-hybridized carbons (Fsp3) is 0.474. The van der Waals surface area contributed by atoms with E-state index in [-0.39, 0.29) is 23.6 Å². The van der Waals surface area contributed by atoms with Crippen LogP contribution in [0.3, 0.4) is 0 Å². The molecular formula is C19H21F3N2O3. The van der Waals surface area contributed by atoms with Crippen LogP contribution in [0.25, 0.3) is 11.3 Å². The number of aromatic nitrogens is 1. The van der Waals surface area contributed by atoms with E-state index in [0.717, 1.165) is 18.9 Å². The van der Waals surface area contributed by atoms with Gasteiger partial charge in [-0.3, -0.25) is 4.79 Å². The highest BCUT2D eigenvalue weighted by atomic mass is 19.4. The van der Waals surface area contributed by atoms with Gasteiger partial charge in [-0.1, -0.05) is 36.7 Å². The van der Waals surface area contributed by atoms with Crippen molar-refractivity contribution < 1.29 is 27.6 Å². The second-order valence-electron chi connectivity index (χ2n) is 6.81. The van der Waals surface area contributed by atoms with Gasteiger partial charge in [0.15, 0.2) is 11.5 Å². The molecular weight excluding hydrogens is 361 g/mol. The van der Waals surface area contributed by atoms with E-state index in [4.69, 9.17) is 4.52 Å². The standard InChI is InChI=1S/C19H21F3N2O3/c1-2-8-18(12-25)9-5-10-24(18)17(26)15-11-16(27-23-15)13-6-3-4-7-14(13)19(20,21)22/h3-4,6-7,11,25H,2,5,8-10,12H2,1H3. The summed E-state index contributed by atoms with van der Waals surface area (Å²) in [6.07, 6.45) is -1.65. The Kier molecular flexibility index (Phi) is 5.28. The van der Waals surface area contributed by atoms with Crippen molar-refractivity contribution in [2.75, 3.05) is 13.2 Å². The average Bonchev–Trinajstić information content (AvgIpc) is 3.28. The summed E-state index contributed by atoms with van der Waals surface area (Å²) in [5.41, 5.74) is -1.72. The van der Waals surface area contributed by atoms with Gasteiger partial charge in [0.05, 0.1) is 17.7 Å². The Morgan fingerprint density at radius 3 is 2.78 bits per heavy atom. The van der Waals surface area contributed by atoms with Crippen LogP contribution in [0.1, 0.15) is 48.7 Å². The van der Waals surface area contributed by atoms with E-state index in [9.17, 15) is 23.1 Å². The monoisotopic (exact) mass is 382 g/mol. The lowest BCUT2D eigenvalue weighted by Gasteiger charge is -2.36. The normalized spacial score (nSPS) is 20.3. The molecule has 0 radical (unpaired) electrons. The zero-order valence-electron chi connectivity index (χ0n) is 14.9. The molecule has 1 aliphatic rings. The second kappa shape index (κ2) is 7.34. The molecule has 1 N–H and O–H groups in total. The molecule has 1 atom stereocenters. The number of carbonyl (C=O) groups is 1. The van der Waals surface area contributed by atoms with Gasteiger partial charge < -0.3 is 14.5 Å². The Labute approximate surface area is 154 Å². The first-order chi connectivity index (χ1) is 12.8. The van der Waals surface area contributed by atoms with Gasteiger partial charge >= 0.3 is 6.18 Å². The average molecular weight is 382 g/mol. The van der Waals surface area contributed by atoms with Crippen molar-refractivity contribution in [3.8, 4) is 11.3 Å². The molecule has 5 nitrogen and oxygen atoms in total. The molecule has 3 rings (SSSR count). The van der Waals surface area contributed by atoms with E-state index in [1.54, 1.807) is 4.90 Å². The van der Waals surface area contributed by atoms with Gasteiger partial charge in [0, 0.05) is 18.2 Å². The highest BCUT2D eigenvalue weighted by molar-refractivity contribution is 5.94. The second-order valence-corrected chi connectivity index (χ2v) is 6.81. The number of hydrogen-bond donors (Lipinski definition) is 1. The van der Waals surface area contributed by atoms with Gasteiger partial charge in [0.25, 0.3) is 5.91 Å². The molecule has 146 valence electrons. The first-order valence-electron chi connectivity index (χ1n) is 8.88. The van der Waals surface area contributed by atoms with Gasteiger partial charge in [0.2, 0.25) is 0 Å². The predicted octanol–water partition coefficient (Wildman–Crippen LogP) is 4.13. The molecule has 0 spiro atoms. The Morgan fingerprint density at radius 2 is 2.11 bits per heavy atom. The number of aliphatic hydroxyl groups is 1. The van der Waals surface area contributed by atoms with Crippen LogP contribution in [-0.4, -0.2) is 39.8 Å². The number of benzene rings is 1. The van der Waals surface area contributed by atoms with Crippen molar-refractivity contribution >= 4 is 5.91 Å². The third-order valence-electron chi connectivity index (χ3n) is 5.08. The van der Waals surface area contributed by atoms with E-state index >= 15 is 0 Å². The zero-order valence-corrected chi connectivity index (χ0v) is 14.9. The van der Waals surface area contributed by atoms with E-state index in [0.29, 0.717) is 19.4 Å². The van der Waals surface area contributed by atoms with Gasteiger partial charge in [-0.05, 0) is 25.3 Å². The van der Waals surface area contributed by atoms with Crippen molar-refractivity contribution in [3.05, 3.63) is 41.6 Å². The van der Waals surface area contributed by atoms with Gasteiger partial charge in [0.1, 0.15) is 0 Å². The van der Waals surface area contributed by atoms with Crippen LogP contribution in [0.5, 0.6) is 0 Å². The van der Waals surface area contributed by atoms with Crippen LogP contribution in [0.15, 0.2) is 34.9 Å². The van der Waals surface area contributed by atoms with E-state index in [2.05, 4.69) is 5.16 Å². The van der Waals surface area contributed by atoms with Crippen molar-refractivity contribution in [2.24, 2.45) is 0 Å². The van der Waals surface area contributed by atoms with E-state index in [1.165, 1.54) is 24.3 Å². The minimum Gasteiger partial charge on any atom is -0.394 e. The van der Waals surface area contributed by atoms with Crippen molar-refractivity contribution in [3.63, 3.8) is 0 Å². The van der Waals surface area contributed by atoms with Gasteiger partial charge in [-0.2, -0.15) is 13.2 Å². The SMILES string of the molecule is CCCC1(CO)CCCN1C(=O)c1cc(-c2ccccc2C(F)(F)F)on1. The molecule has 1 fully saturated rings. The van der Waals surface area contributed by atoms with Crippen LogP contribution in [0, 0.1) is 0 Å². The highest BCUT2D eigenvalue weighted by Crippen LogP contribution is 2.38. The Balaban J connectivity index is 1.92. The smallest absolute Gasteiger partial charge is 0.394 e. The molecule has 1 amide bonds. The molecule has 1 unspecified atom stereocenters. The lowest BCUT2D eigenvalue weighted by molar-refractivity contribution is -0.137. The van der Waals surface area contributed by atoms with Crippen molar-refractivity contribution in [2.45, 2.75) is 44.3 Å². The molecule has 0 bridgehead atoms. The summed E-state index contributed by atoms with van der Waals surface area (Å²) in [5, 5.41) is 13.6. The lowest BCUT2D eigenvalue weighted by Crippen LogP contribution is -2.50. The zero-order chi connectivity index (χ0) is 19.7. The summed E-state index contributed by atoms with van der Waals surface area (Å²) in [7, 11) is 0. The molecule has 1 aromatic heterocycles. The molecule has 1 aromatic carbocycles. The van der Waals surface area contributed by atoms with Crippen LogP contribution >= 0.6 is 0 Å². The Morgan fingerprint density at radius 1 is 1.37 bits per heavy atom. The van der Waals surface area contributed by atoms with Gasteiger partial charge in [-0.15, -0.1) is 0 Å². The number of likely N-dealkylation sites (tertiary alicyclic amines) is 1. The summed E-state index contributed by atoms with van der Waals surface area (Å²) >= 11 is 0. The summed E-state index contributed by atoms with van der Waals surface area (Å²) in [5.74, 6) is -0.551. The summed E-state index contributed by atoms with van der Waals surface area (Å²) in [4.78, 5) is 14.5. The predicted molar refractivity (Wildman–Crippen MR) is 91.9 cm³/mol. The molecule has 8 heteroatoms. The Hall–Kier alpha value is -2.35. The largest absolute Gasteiger partial charge is 0.417 e. The molecule has 0 saturated carbocycles. The van der Waals surface area contributed by atoms with Crippen LogP contribution in [-0.2, 0) is 6.18 Å². The van der Waals surface area contributed by atoms with E-state index in [1.807, 2.05) is 6.92 Å². The van der Waals surface area contributed by atoms with Crippen LogP contribution in [0.4, 0.5) is 13.2 Å². The number of nitrogens with zero attached hydrogens (tertiary/aromatic N) is 2. The molecule has 1 saturated heterocycles. The fourth-order valence-electron chi connectivity index (χ4n) is 3.81. The summed E-state index contributed by atoms with van der Waals surface area (Å²) < 4.78 is 44.7. The van der Waals surface area contributed by atoms with Gasteiger partial charge in [-0.25, -0.2) is 0 Å². The number of alkyl halides is 3. The number of halogens is 3. The molecule has 1 aliphatic heterocycles. The van der Waals surface area contributed by atoms with Crippen LogP contribution in [0.2, 0.25) is 0 Å². The summed E-state index contributed by atoms with van der Waals surface area (Å²) in [6.45, 7) is 2.29. The number of hydrogen-bond acceptors (Lipinski definition) is 4. The molecule has 2 aromatic rings. The lowest BCUT2D eigenvalue weighted by atomic mass is 9.91. The number of aliphatic hydroxyl groups excluding tert-OH is 1. The maximum absolute atomic E-state index is 13.2. The highest BCUT2D eigenvalue weighted by Gasteiger charge is 2.43. The number of carbonyl (C=O) groups excluding carboxylic acids is 1. The maximum Gasteiger partial charge on any atom is 0.417 e. The first-order valence-corrected chi connectivity index (χ1v) is 8.88. The summed E-state index contributed by atoms with van der Waals surface area (Å²) in [6, 6.07) is 6.23. The third-order valence-corrected chi connectivity index (χ3v) is 5.08. The van der Waals surface area contributed by atoms with Crippen molar-refractivity contribution in [1.29, 1.82) is 0 Å². The minimum absolute atomic E-state index is 0.0576. The maximum atomic E-state index is 13.2. The molecule has 27 heavy (non-hydrogen) atoms. The first kappa shape index (κ1) is 19.4. The molecule has 0 aliphatic carbocycles. The number of amides is 1.